The van der Waals surface area contributed by atoms with Gasteiger partial charge < -0.3 is 15.5 Å². The van der Waals surface area contributed by atoms with E-state index in [0.29, 0.717) is 37.8 Å². The van der Waals surface area contributed by atoms with Gasteiger partial charge in [-0.2, -0.15) is 13.2 Å². The normalized spacial score (nSPS) is 22.5. The smallest absolute Gasteiger partial charge is 0.352 e. The van der Waals surface area contributed by atoms with Crippen LogP contribution in [0.15, 0.2) is 54.6 Å². The molecule has 0 unspecified atom stereocenters. The summed E-state index contributed by atoms with van der Waals surface area (Å²) in [5.74, 6) is -0.787. The third-order valence-electron chi connectivity index (χ3n) is 6.72. The predicted molar refractivity (Wildman–Crippen MR) is 124 cm³/mol. The van der Waals surface area contributed by atoms with E-state index in [1.807, 2.05) is 18.2 Å². The first-order valence-electron chi connectivity index (χ1n) is 11.9. The number of alkyl halides is 3. The van der Waals surface area contributed by atoms with Gasteiger partial charge in [-0.15, -0.1) is 0 Å². The minimum absolute atomic E-state index is 0.0417. The average molecular weight is 488 g/mol. The van der Waals surface area contributed by atoms with Crippen LogP contribution >= 0.6 is 0 Å². The van der Waals surface area contributed by atoms with Gasteiger partial charge in [-0.3, -0.25) is 14.4 Å². The van der Waals surface area contributed by atoms with Crippen LogP contribution in [0.25, 0.3) is 0 Å². The molecule has 1 saturated carbocycles. The fourth-order valence-electron chi connectivity index (χ4n) is 4.79. The molecule has 1 aliphatic heterocycles. The SMILES string of the molecule is O=C(NC1CCC(NC(=O)[C@H]2CCCN2C(=O)c2ccc(C(F)(F)F)cc2)CC1)c1ccccc1. The van der Waals surface area contributed by atoms with Crippen LogP contribution < -0.4 is 10.6 Å². The zero-order chi connectivity index (χ0) is 25.0. The first-order valence-corrected chi connectivity index (χ1v) is 11.9. The molecule has 1 atom stereocenters. The van der Waals surface area contributed by atoms with E-state index in [1.165, 1.54) is 4.90 Å². The molecule has 1 aliphatic carbocycles. The van der Waals surface area contributed by atoms with Crippen LogP contribution in [-0.4, -0.2) is 47.3 Å². The van der Waals surface area contributed by atoms with Crippen LogP contribution in [0.1, 0.15) is 64.8 Å². The number of amides is 3. The van der Waals surface area contributed by atoms with Crippen molar-refractivity contribution >= 4 is 17.7 Å². The molecule has 1 saturated heterocycles. The van der Waals surface area contributed by atoms with Crippen molar-refractivity contribution in [1.29, 1.82) is 0 Å². The van der Waals surface area contributed by atoms with Crippen LogP contribution in [0.2, 0.25) is 0 Å². The number of carbonyl (C=O) groups excluding carboxylic acids is 3. The molecule has 2 aromatic rings. The van der Waals surface area contributed by atoms with Crippen molar-refractivity contribution < 1.29 is 27.6 Å². The number of rotatable bonds is 5. The zero-order valence-corrected chi connectivity index (χ0v) is 19.2. The number of hydrogen-bond donors (Lipinski definition) is 2. The molecule has 35 heavy (non-hydrogen) atoms. The topological polar surface area (TPSA) is 78.5 Å². The Kier molecular flexibility index (Phi) is 7.42. The molecule has 2 aromatic carbocycles. The van der Waals surface area contributed by atoms with Gasteiger partial charge in [0, 0.05) is 29.8 Å². The van der Waals surface area contributed by atoms with Gasteiger partial charge in [-0.1, -0.05) is 18.2 Å². The molecule has 6 nitrogen and oxygen atoms in total. The third kappa shape index (κ3) is 6.01. The van der Waals surface area contributed by atoms with E-state index in [1.54, 1.807) is 12.1 Å². The molecule has 0 spiro atoms. The van der Waals surface area contributed by atoms with E-state index in [4.69, 9.17) is 0 Å². The quantitative estimate of drug-likeness (QED) is 0.665. The number of nitrogens with zero attached hydrogens (tertiary/aromatic N) is 1. The summed E-state index contributed by atoms with van der Waals surface area (Å²) < 4.78 is 38.4. The Morgan fingerprint density at radius 3 is 1.97 bits per heavy atom. The molecule has 4 rings (SSSR count). The maximum atomic E-state index is 13.0. The second kappa shape index (κ2) is 10.5. The van der Waals surface area contributed by atoms with Gasteiger partial charge >= 0.3 is 6.18 Å². The minimum atomic E-state index is -4.47. The monoisotopic (exact) mass is 487 g/mol. The molecule has 9 heteroatoms. The first kappa shape index (κ1) is 24.8. The summed E-state index contributed by atoms with van der Waals surface area (Å²) in [6, 6.07) is 12.4. The van der Waals surface area contributed by atoms with Crippen LogP contribution in [0.4, 0.5) is 13.2 Å². The number of carbonyl (C=O) groups is 3. The summed E-state index contributed by atoms with van der Waals surface area (Å²) in [5.41, 5.74) is -0.0744. The van der Waals surface area contributed by atoms with E-state index in [0.717, 1.165) is 37.1 Å². The molecule has 2 N–H and O–H groups in total. The standard InChI is InChI=1S/C26H28F3N3O3/c27-26(28,29)19-10-8-18(9-11-19)25(35)32-16-4-7-22(32)24(34)31-21-14-12-20(13-15-21)30-23(33)17-5-2-1-3-6-17/h1-3,5-6,8-11,20-22H,4,7,12-16H2,(H,30,33)(H,31,34)/t20?,21?,22-/m1/s1. The van der Waals surface area contributed by atoms with Crippen LogP contribution in [0.5, 0.6) is 0 Å². The molecule has 0 aromatic heterocycles. The van der Waals surface area contributed by atoms with Crippen LogP contribution in [-0.2, 0) is 11.0 Å². The van der Waals surface area contributed by atoms with Gasteiger partial charge in [0.1, 0.15) is 6.04 Å². The third-order valence-corrected chi connectivity index (χ3v) is 6.72. The number of halogens is 3. The summed E-state index contributed by atoms with van der Waals surface area (Å²) >= 11 is 0. The lowest BCUT2D eigenvalue weighted by molar-refractivity contribution is -0.137. The highest BCUT2D eigenvalue weighted by atomic mass is 19.4. The molecule has 3 amide bonds. The molecular formula is C26H28F3N3O3. The lowest BCUT2D eigenvalue weighted by atomic mass is 9.90. The average Bonchev–Trinajstić information content (AvgIpc) is 3.35. The molecular weight excluding hydrogens is 459 g/mol. The molecule has 0 radical (unpaired) electrons. The fourth-order valence-corrected chi connectivity index (χ4v) is 4.79. The van der Waals surface area contributed by atoms with Crippen molar-refractivity contribution in [1.82, 2.24) is 15.5 Å². The van der Waals surface area contributed by atoms with Gasteiger partial charge in [-0.05, 0) is 74.9 Å². The van der Waals surface area contributed by atoms with Crippen molar-refractivity contribution in [3.05, 3.63) is 71.3 Å². The van der Waals surface area contributed by atoms with Gasteiger partial charge in [0.25, 0.3) is 11.8 Å². The second-order valence-electron chi connectivity index (χ2n) is 9.13. The van der Waals surface area contributed by atoms with E-state index in [9.17, 15) is 27.6 Å². The zero-order valence-electron chi connectivity index (χ0n) is 19.2. The molecule has 186 valence electrons. The van der Waals surface area contributed by atoms with E-state index >= 15 is 0 Å². The predicted octanol–water partition coefficient (Wildman–Crippen LogP) is 4.17. The Labute approximate surface area is 201 Å². The Balaban J connectivity index is 1.28. The molecule has 1 heterocycles. The maximum absolute atomic E-state index is 13.0. The highest BCUT2D eigenvalue weighted by Crippen LogP contribution is 2.30. The summed E-state index contributed by atoms with van der Waals surface area (Å²) in [6.07, 6.45) is -0.398. The summed E-state index contributed by atoms with van der Waals surface area (Å²) in [7, 11) is 0. The van der Waals surface area contributed by atoms with Gasteiger partial charge in [0.15, 0.2) is 0 Å². The van der Waals surface area contributed by atoms with E-state index in [-0.39, 0.29) is 29.5 Å². The number of nitrogens with one attached hydrogen (secondary N) is 2. The number of benzene rings is 2. The van der Waals surface area contributed by atoms with E-state index in [2.05, 4.69) is 10.6 Å². The Bertz CT molecular complexity index is 1050. The molecule has 2 fully saturated rings. The lowest BCUT2D eigenvalue weighted by Gasteiger charge is -2.31. The van der Waals surface area contributed by atoms with Crippen molar-refractivity contribution in [2.75, 3.05) is 6.54 Å². The summed E-state index contributed by atoms with van der Waals surface area (Å²) in [5, 5.41) is 6.08. The largest absolute Gasteiger partial charge is 0.416 e. The number of likely N-dealkylation sites (tertiary alicyclic amines) is 1. The highest BCUT2D eigenvalue weighted by Gasteiger charge is 2.36. The van der Waals surface area contributed by atoms with Crippen molar-refractivity contribution in [3.8, 4) is 0 Å². The first-order chi connectivity index (χ1) is 16.7. The Morgan fingerprint density at radius 1 is 0.771 bits per heavy atom. The highest BCUT2D eigenvalue weighted by molar-refractivity contribution is 5.98. The van der Waals surface area contributed by atoms with Gasteiger partial charge in [-0.25, -0.2) is 0 Å². The van der Waals surface area contributed by atoms with Crippen molar-refractivity contribution in [2.45, 2.75) is 62.8 Å². The van der Waals surface area contributed by atoms with Crippen LogP contribution in [0.3, 0.4) is 0 Å². The molecule has 2 aliphatic rings. The summed E-state index contributed by atoms with van der Waals surface area (Å²) in [4.78, 5) is 39.7. The van der Waals surface area contributed by atoms with Crippen LogP contribution in [0, 0.1) is 0 Å². The molecule has 0 bridgehead atoms. The number of hydrogen-bond acceptors (Lipinski definition) is 3. The summed E-state index contributed by atoms with van der Waals surface area (Å²) in [6.45, 7) is 0.385. The Hall–Kier alpha value is -3.36. The lowest BCUT2D eigenvalue weighted by Crippen LogP contribution is -2.50. The minimum Gasteiger partial charge on any atom is -0.352 e. The van der Waals surface area contributed by atoms with Crippen molar-refractivity contribution in [3.63, 3.8) is 0 Å². The fraction of sp³-hybridized carbons (Fsp3) is 0.423. The second-order valence-corrected chi connectivity index (χ2v) is 9.13. The van der Waals surface area contributed by atoms with E-state index < -0.39 is 23.7 Å². The van der Waals surface area contributed by atoms with Gasteiger partial charge in [0.05, 0.1) is 5.56 Å². The van der Waals surface area contributed by atoms with Gasteiger partial charge in [0.2, 0.25) is 5.91 Å². The van der Waals surface area contributed by atoms with Crippen molar-refractivity contribution in [2.24, 2.45) is 0 Å². The maximum Gasteiger partial charge on any atom is 0.416 e. The Morgan fingerprint density at radius 2 is 1.37 bits per heavy atom.